The number of fused-ring (bicyclic) bond motifs is 1. The lowest BCUT2D eigenvalue weighted by Crippen LogP contribution is -2.27. The molecule has 26 heavy (non-hydrogen) atoms. The Labute approximate surface area is 153 Å². The van der Waals surface area contributed by atoms with Crippen LogP contribution >= 0.6 is 0 Å². The third-order valence-corrected chi connectivity index (χ3v) is 4.23. The number of nitrogens with zero attached hydrogens (tertiary/aromatic N) is 1. The van der Waals surface area contributed by atoms with Gasteiger partial charge in [0, 0.05) is 12.1 Å². The molecule has 0 spiro atoms. The second-order valence-corrected chi connectivity index (χ2v) is 6.10. The van der Waals surface area contributed by atoms with Crippen LogP contribution in [0.3, 0.4) is 0 Å². The molecule has 0 bridgehead atoms. The summed E-state index contributed by atoms with van der Waals surface area (Å²) in [5.74, 6) is 0.443. The molecule has 1 heterocycles. The predicted molar refractivity (Wildman–Crippen MR) is 101 cm³/mol. The van der Waals surface area contributed by atoms with E-state index in [4.69, 9.17) is 4.74 Å². The lowest BCUT2D eigenvalue weighted by atomic mass is 10.0. The second-order valence-electron chi connectivity index (χ2n) is 6.10. The van der Waals surface area contributed by atoms with E-state index >= 15 is 0 Å². The molecule has 3 rings (SSSR count). The van der Waals surface area contributed by atoms with Gasteiger partial charge in [-0.3, -0.25) is 4.79 Å². The van der Waals surface area contributed by atoms with Gasteiger partial charge in [-0.15, -0.1) is 0 Å². The summed E-state index contributed by atoms with van der Waals surface area (Å²) >= 11 is 0. The average molecular weight is 344 g/mol. The first-order valence-corrected chi connectivity index (χ1v) is 8.58. The fourth-order valence-corrected chi connectivity index (χ4v) is 2.80. The number of para-hydroxylation sites is 1. The molecular formula is C22H20N2O2. The Bertz CT molecular complexity index is 892. The Morgan fingerprint density at radius 2 is 1.92 bits per heavy atom. The third kappa shape index (κ3) is 4.20. The van der Waals surface area contributed by atoms with Crippen LogP contribution in [0.5, 0.6) is 5.75 Å². The topological polar surface area (TPSA) is 62.1 Å². The van der Waals surface area contributed by atoms with Gasteiger partial charge in [0.2, 0.25) is 0 Å². The van der Waals surface area contributed by atoms with Crippen LogP contribution < -0.4 is 10.1 Å². The van der Waals surface area contributed by atoms with Crippen molar-refractivity contribution in [3.05, 3.63) is 82.9 Å². The van der Waals surface area contributed by atoms with Crippen LogP contribution in [0.4, 0.5) is 0 Å². The molecule has 0 saturated carbocycles. The summed E-state index contributed by atoms with van der Waals surface area (Å²) < 4.78 is 5.85. The number of benzene rings is 2. The molecule has 1 aliphatic rings. The normalized spacial score (nSPS) is 15.9. The monoisotopic (exact) mass is 344 g/mol. The standard InChI is InChI=1S/C22H20N2O2/c1-16-19(13-18-9-5-6-10-21(18)26-16)14-20(15-23)22(25)24-12-11-17-7-3-2-4-8-17/h2-10,13-14,16H,11-12H2,1H3,(H,24,25)/b20-14+. The first-order chi connectivity index (χ1) is 12.7. The molecule has 0 saturated heterocycles. The van der Waals surface area contributed by atoms with Crippen LogP contribution in [0.1, 0.15) is 18.1 Å². The van der Waals surface area contributed by atoms with Crippen molar-refractivity contribution in [2.45, 2.75) is 19.4 Å². The number of nitriles is 1. The molecule has 1 unspecified atom stereocenters. The second kappa shape index (κ2) is 8.17. The van der Waals surface area contributed by atoms with Crippen molar-refractivity contribution in [3.63, 3.8) is 0 Å². The maximum Gasteiger partial charge on any atom is 0.261 e. The van der Waals surface area contributed by atoms with E-state index in [0.717, 1.165) is 28.9 Å². The highest BCUT2D eigenvalue weighted by atomic mass is 16.5. The summed E-state index contributed by atoms with van der Waals surface area (Å²) in [4.78, 5) is 12.3. The lowest BCUT2D eigenvalue weighted by molar-refractivity contribution is -0.117. The van der Waals surface area contributed by atoms with Crippen molar-refractivity contribution in [3.8, 4) is 11.8 Å². The highest BCUT2D eigenvalue weighted by molar-refractivity contribution is 5.98. The fraction of sp³-hybridized carbons (Fsp3) is 0.182. The van der Waals surface area contributed by atoms with Gasteiger partial charge in [0.05, 0.1) is 0 Å². The largest absolute Gasteiger partial charge is 0.485 e. The van der Waals surface area contributed by atoms with Crippen molar-refractivity contribution in [1.82, 2.24) is 5.32 Å². The summed E-state index contributed by atoms with van der Waals surface area (Å²) in [5, 5.41) is 12.2. The van der Waals surface area contributed by atoms with Crippen molar-refractivity contribution < 1.29 is 9.53 Å². The zero-order chi connectivity index (χ0) is 18.4. The van der Waals surface area contributed by atoms with E-state index in [1.807, 2.05) is 73.7 Å². The molecule has 2 aromatic carbocycles. The highest BCUT2D eigenvalue weighted by Crippen LogP contribution is 2.30. The predicted octanol–water partition coefficient (Wildman–Crippen LogP) is 3.66. The molecule has 1 N–H and O–H groups in total. The van der Waals surface area contributed by atoms with Crippen LogP contribution in [-0.4, -0.2) is 18.6 Å². The molecule has 1 aliphatic heterocycles. The van der Waals surface area contributed by atoms with E-state index in [0.29, 0.717) is 6.54 Å². The van der Waals surface area contributed by atoms with E-state index in [1.54, 1.807) is 6.08 Å². The molecule has 0 fully saturated rings. The number of amides is 1. The van der Waals surface area contributed by atoms with Crippen LogP contribution in [0.15, 0.2) is 71.8 Å². The average Bonchev–Trinajstić information content (AvgIpc) is 2.67. The minimum absolute atomic E-state index is 0.0825. The van der Waals surface area contributed by atoms with Crippen LogP contribution in [-0.2, 0) is 11.2 Å². The van der Waals surface area contributed by atoms with E-state index in [2.05, 4.69) is 5.32 Å². The summed E-state index contributed by atoms with van der Waals surface area (Å²) in [6.45, 7) is 2.39. The summed E-state index contributed by atoms with van der Waals surface area (Å²) in [6.07, 6.45) is 4.07. The molecular weight excluding hydrogens is 324 g/mol. The Kier molecular flexibility index (Phi) is 5.50. The van der Waals surface area contributed by atoms with Gasteiger partial charge in [0.25, 0.3) is 5.91 Å². The van der Waals surface area contributed by atoms with Gasteiger partial charge in [-0.2, -0.15) is 5.26 Å². The minimum atomic E-state index is -0.365. The number of hydrogen-bond donors (Lipinski definition) is 1. The van der Waals surface area contributed by atoms with Gasteiger partial charge in [-0.1, -0.05) is 48.5 Å². The lowest BCUT2D eigenvalue weighted by Gasteiger charge is -2.23. The highest BCUT2D eigenvalue weighted by Gasteiger charge is 2.19. The molecule has 0 aromatic heterocycles. The van der Waals surface area contributed by atoms with E-state index in [-0.39, 0.29) is 17.6 Å². The minimum Gasteiger partial charge on any atom is -0.485 e. The van der Waals surface area contributed by atoms with Crippen molar-refractivity contribution >= 4 is 12.0 Å². The number of rotatable bonds is 5. The summed E-state index contributed by atoms with van der Waals surface area (Å²) in [5.41, 5.74) is 2.97. The molecule has 0 radical (unpaired) electrons. The Hall–Kier alpha value is -3.32. The summed E-state index contributed by atoms with van der Waals surface area (Å²) in [7, 11) is 0. The van der Waals surface area contributed by atoms with Gasteiger partial charge >= 0.3 is 0 Å². The molecule has 130 valence electrons. The SMILES string of the molecule is CC1Oc2ccccc2C=C1/C=C(\C#N)C(=O)NCCc1ccccc1. The van der Waals surface area contributed by atoms with E-state index in [1.165, 1.54) is 0 Å². The zero-order valence-corrected chi connectivity index (χ0v) is 14.6. The Morgan fingerprint density at radius 3 is 2.69 bits per heavy atom. The van der Waals surface area contributed by atoms with Gasteiger partial charge in [0.15, 0.2) is 0 Å². The zero-order valence-electron chi connectivity index (χ0n) is 14.6. The van der Waals surface area contributed by atoms with E-state index < -0.39 is 0 Å². The first kappa shape index (κ1) is 17.5. The van der Waals surface area contributed by atoms with Crippen molar-refractivity contribution in [1.29, 1.82) is 5.26 Å². The van der Waals surface area contributed by atoms with Gasteiger partial charge in [0.1, 0.15) is 23.5 Å². The fourth-order valence-electron chi connectivity index (χ4n) is 2.80. The van der Waals surface area contributed by atoms with Gasteiger partial charge < -0.3 is 10.1 Å². The molecule has 4 nitrogen and oxygen atoms in total. The molecule has 1 amide bonds. The quantitative estimate of drug-likeness (QED) is 0.665. The number of hydrogen-bond acceptors (Lipinski definition) is 3. The van der Waals surface area contributed by atoms with E-state index in [9.17, 15) is 10.1 Å². The maximum absolute atomic E-state index is 12.3. The van der Waals surface area contributed by atoms with Gasteiger partial charge in [-0.25, -0.2) is 0 Å². The first-order valence-electron chi connectivity index (χ1n) is 8.58. The molecule has 2 aromatic rings. The third-order valence-electron chi connectivity index (χ3n) is 4.23. The molecule has 0 aliphatic carbocycles. The summed E-state index contributed by atoms with van der Waals surface area (Å²) in [6, 6.07) is 19.6. The number of carbonyl (C=O) groups excluding carboxylic acids is 1. The van der Waals surface area contributed by atoms with Crippen LogP contribution in [0.25, 0.3) is 6.08 Å². The number of carbonyl (C=O) groups is 1. The Morgan fingerprint density at radius 1 is 1.19 bits per heavy atom. The molecule has 1 atom stereocenters. The van der Waals surface area contributed by atoms with Crippen LogP contribution in [0, 0.1) is 11.3 Å². The van der Waals surface area contributed by atoms with Crippen molar-refractivity contribution in [2.75, 3.05) is 6.54 Å². The Balaban J connectivity index is 1.69. The number of nitrogens with one attached hydrogen (secondary N) is 1. The van der Waals surface area contributed by atoms with Crippen LogP contribution in [0.2, 0.25) is 0 Å². The number of ether oxygens (including phenoxy) is 1. The van der Waals surface area contributed by atoms with Crippen molar-refractivity contribution in [2.24, 2.45) is 0 Å². The molecule has 4 heteroatoms. The maximum atomic E-state index is 12.3. The van der Waals surface area contributed by atoms with Gasteiger partial charge in [-0.05, 0) is 42.7 Å². The smallest absolute Gasteiger partial charge is 0.261 e.